The molecule has 0 radical (unpaired) electrons. The summed E-state index contributed by atoms with van der Waals surface area (Å²) in [5.74, 6) is -1.31. The lowest BCUT2D eigenvalue weighted by Gasteiger charge is -2.36. The predicted molar refractivity (Wildman–Crippen MR) is 106 cm³/mol. The Morgan fingerprint density at radius 1 is 1.00 bits per heavy atom. The standard InChI is InChI=1S/C21H21FN4O3/c22-15-6-2-4-8-18(15)25-9-11-26(12-10-25)19(27)13-17-21(29)23-16-7-3-1-5-14(16)20(28)24-17/h1-8,17H,9-13H2,(H,23,29)(H,24,28). The van der Waals surface area contributed by atoms with Crippen molar-refractivity contribution in [2.75, 3.05) is 36.4 Å². The summed E-state index contributed by atoms with van der Waals surface area (Å²) >= 11 is 0. The molecule has 0 bridgehead atoms. The van der Waals surface area contributed by atoms with Crippen molar-refractivity contribution in [1.82, 2.24) is 10.2 Å². The molecule has 150 valence electrons. The smallest absolute Gasteiger partial charge is 0.254 e. The lowest BCUT2D eigenvalue weighted by atomic mass is 10.1. The van der Waals surface area contributed by atoms with Gasteiger partial charge in [-0.05, 0) is 24.3 Å². The second-order valence-corrected chi connectivity index (χ2v) is 7.08. The van der Waals surface area contributed by atoms with E-state index in [1.807, 2.05) is 4.90 Å². The minimum Gasteiger partial charge on any atom is -0.366 e. The summed E-state index contributed by atoms with van der Waals surface area (Å²) in [4.78, 5) is 41.1. The average molecular weight is 396 g/mol. The summed E-state index contributed by atoms with van der Waals surface area (Å²) in [7, 11) is 0. The van der Waals surface area contributed by atoms with Crippen LogP contribution in [0.15, 0.2) is 48.5 Å². The second kappa shape index (κ2) is 7.90. The topological polar surface area (TPSA) is 81.8 Å². The number of amides is 3. The Labute approximate surface area is 167 Å². The van der Waals surface area contributed by atoms with Crippen molar-refractivity contribution in [3.05, 3.63) is 59.9 Å². The van der Waals surface area contributed by atoms with Crippen LogP contribution in [0.5, 0.6) is 0 Å². The summed E-state index contributed by atoms with van der Waals surface area (Å²) in [5.41, 5.74) is 1.32. The van der Waals surface area contributed by atoms with Crippen molar-refractivity contribution in [2.45, 2.75) is 12.5 Å². The molecule has 0 aliphatic carbocycles. The van der Waals surface area contributed by atoms with Crippen molar-refractivity contribution in [3.63, 3.8) is 0 Å². The molecular weight excluding hydrogens is 375 g/mol. The average Bonchev–Trinajstić information content (AvgIpc) is 2.85. The number of benzene rings is 2. The quantitative estimate of drug-likeness (QED) is 0.826. The van der Waals surface area contributed by atoms with Gasteiger partial charge < -0.3 is 20.4 Å². The molecule has 1 unspecified atom stereocenters. The molecule has 2 heterocycles. The van der Waals surface area contributed by atoms with Gasteiger partial charge in [0.2, 0.25) is 11.8 Å². The lowest BCUT2D eigenvalue weighted by molar-refractivity contribution is -0.134. The van der Waals surface area contributed by atoms with Crippen LogP contribution in [0, 0.1) is 5.82 Å². The second-order valence-electron chi connectivity index (χ2n) is 7.08. The monoisotopic (exact) mass is 396 g/mol. The van der Waals surface area contributed by atoms with Crippen LogP contribution in [0.2, 0.25) is 0 Å². The molecule has 4 rings (SSSR count). The Morgan fingerprint density at radius 3 is 2.45 bits per heavy atom. The Bertz CT molecular complexity index is 956. The summed E-state index contributed by atoms with van der Waals surface area (Å²) in [5, 5.41) is 5.34. The summed E-state index contributed by atoms with van der Waals surface area (Å²) < 4.78 is 14.0. The van der Waals surface area contributed by atoms with Crippen molar-refractivity contribution in [2.24, 2.45) is 0 Å². The first-order valence-corrected chi connectivity index (χ1v) is 9.51. The number of carbonyl (C=O) groups is 3. The number of hydrogen-bond acceptors (Lipinski definition) is 4. The summed E-state index contributed by atoms with van der Waals surface area (Å²) in [6.07, 6.45) is -0.120. The van der Waals surface area contributed by atoms with E-state index in [1.165, 1.54) is 6.07 Å². The lowest BCUT2D eigenvalue weighted by Crippen LogP contribution is -2.51. The first kappa shape index (κ1) is 18.9. The Balaban J connectivity index is 1.37. The van der Waals surface area contributed by atoms with E-state index in [-0.39, 0.29) is 24.1 Å². The predicted octanol–water partition coefficient (Wildman–Crippen LogP) is 1.62. The van der Waals surface area contributed by atoms with E-state index in [0.29, 0.717) is 43.1 Å². The maximum Gasteiger partial charge on any atom is 0.254 e. The van der Waals surface area contributed by atoms with Gasteiger partial charge in [-0.3, -0.25) is 14.4 Å². The van der Waals surface area contributed by atoms with Gasteiger partial charge in [-0.25, -0.2) is 4.39 Å². The largest absolute Gasteiger partial charge is 0.366 e. The molecule has 2 aromatic rings. The molecule has 3 amide bonds. The van der Waals surface area contributed by atoms with E-state index in [9.17, 15) is 18.8 Å². The van der Waals surface area contributed by atoms with E-state index >= 15 is 0 Å². The van der Waals surface area contributed by atoms with Crippen molar-refractivity contribution in [3.8, 4) is 0 Å². The number of piperazine rings is 1. The SMILES string of the molecule is O=C1NC(CC(=O)N2CCN(c3ccccc3F)CC2)C(=O)Nc2ccccc21. The van der Waals surface area contributed by atoms with Gasteiger partial charge in [0.15, 0.2) is 0 Å². The number of anilines is 2. The molecule has 2 aliphatic heterocycles. The Morgan fingerprint density at radius 2 is 1.69 bits per heavy atom. The fourth-order valence-corrected chi connectivity index (χ4v) is 3.66. The van der Waals surface area contributed by atoms with Crippen LogP contribution in [0.25, 0.3) is 0 Å². The molecule has 2 N–H and O–H groups in total. The highest BCUT2D eigenvalue weighted by atomic mass is 19.1. The van der Waals surface area contributed by atoms with Crippen LogP contribution in [0.1, 0.15) is 16.8 Å². The molecule has 29 heavy (non-hydrogen) atoms. The van der Waals surface area contributed by atoms with Crippen molar-refractivity contribution < 1.29 is 18.8 Å². The number of halogens is 1. The van der Waals surface area contributed by atoms with E-state index in [1.54, 1.807) is 47.4 Å². The number of para-hydroxylation sites is 2. The molecule has 0 aromatic heterocycles. The van der Waals surface area contributed by atoms with E-state index in [2.05, 4.69) is 10.6 Å². The molecule has 1 atom stereocenters. The van der Waals surface area contributed by atoms with Gasteiger partial charge in [-0.15, -0.1) is 0 Å². The first-order valence-electron chi connectivity index (χ1n) is 9.51. The Hall–Kier alpha value is -3.42. The van der Waals surface area contributed by atoms with E-state index < -0.39 is 11.9 Å². The Kier molecular flexibility index (Phi) is 5.16. The van der Waals surface area contributed by atoms with Crippen LogP contribution in [-0.2, 0) is 9.59 Å². The first-order chi connectivity index (χ1) is 14.0. The molecule has 2 aromatic carbocycles. The minimum absolute atomic E-state index is 0.120. The molecule has 0 spiro atoms. The van der Waals surface area contributed by atoms with Crippen LogP contribution < -0.4 is 15.5 Å². The normalized spacial score (nSPS) is 19.1. The number of fused-ring (bicyclic) bond motifs is 1. The number of carbonyl (C=O) groups excluding carboxylic acids is 3. The van der Waals surface area contributed by atoms with Gasteiger partial charge in [0.1, 0.15) is 11.9 Å². The highest BCUT2D eigenvalue weighted by molar-refractivity contribution is 6.10. The molecule has 1 fully saturated rings. The molecule has 2 aliphatic rings. The molecule has 7 nitrogen and oxygen atoms in total. The number of rotatable bonds is 3. The summed E-state index contributed by atoms with van der Waals surface area (Å²) in [6, 6.07) is 12.3. The maximum absolute atomic E-state index is 14.0. The number of nitrogens with zero attached hydrogens (tertiary/aromatic N) is 2. The third-order valence-corrected chi connectivity index (χ3v) is 5.26. The zero-order chi connectivity index (χ0) is 20.4. The van der Waals surface area contributed by atoms with Gasteiger partial charge in [-0.2, -0.15) is 0 Å². The number of hydrogen-bond donors (Lipinski definition) is 2. The zero-order valence-corrected chi connectivity index (χ0v) is 15.7. The van der Waals surface area contributed by atoms with Crippen LogP contribution in [-0.4, -0.2) is 54.8 Å². The van der Waals surface area contributed by atoms with Gasteiger partial charge in [0.25, 0.3) is 5.91 Å². The highest BCUT2D eigenvalue weighted by Crippen LogP contribution is 2.21. The van der Waals surface area contributed by atoms with Gasteiger partial charge in [-0.1, -0.05) is 24.3 Å². The fourth-order valence-electron chi connectivity index (χ4n) is 3.66. The van der Waals surface area contributed by atoms with Crippen LogP contribution >= 0.6 is 0 Å². The third-order valence-electron chi connectivity index (χ3n) is 5.26. The van der Waals surface area contributed by atoms with Gasteiger partial charge in [0.05, 0.1) is 23.4 Å². The van der Waals surface area contributed by atoms with Gasteiger partial charge in [0, 0.05) is 26.2 Å². The number of nitrogens with one attached hydrogen (secondary N) is 2. The molecule has 0 saturated carbocycles. The summed E-state index contributed by atoms with van der Waals surface area (Å²) in [6.45, 7) is 1.86. The minimum atomic E-state index is -0.938. The fraction of sp³-hybridized carbons (Fsp3) is 0.286. The van der Waals surface area contributed by atoms with Gasteiger partial charge >= 0.3 is 0 Å². The molecule has 1 saturated heterocycles. The van der Waals surface area contributed by atoms with Crippen LogP contribution in [0.4, 0.5) is 15.8 Å². The van der Waals surface area contributed by atoms with E-state index in [4.69, 9.17) is 0 Å². The molecular formula is C21H21FN4O3. The van der Waals surface area contributed by atoms with E-state index in [0.717, 1.165) is 0 Å². The molecule has 8 heteroatoms. The maximum atomic E-state index is 14.0. The van der Waals surface area contributed by atoms with Crippen molar-refractivity contribution >= 4 is 29.1 Å². The third kappa shape index (κ3) is 3.91. The van der Waals surface area contributed by atoms with Crippen LogP contribution in [0.3, 0.4) is 0 Å². The van der Waals surface area contributed by atoms with Crippen molar-refractivity contribution in [1.29, 1.82) is 0 Å². The highest BCUT2D eigenvalue weighted by Gasteiger charge is 2.31. The zero-order valence-electron chi connectivity index (χ0n) is 15.7.